The monoisotopic (exact) mass is 678 g/mol. The van der Waals surface area contributed by atoms with Crippen molar-refractivity contribution < 1.29 is 39.5 Å². The summed E-state index contributed by atoms with van der Waals surface area (Å²) in [5, 5.41) is 0. The van der Waals surface area contributed by atoms with E-state index in [4.69, 9.17) is 25.1 Å². The highest BCUT2D eigenvalue weighted by Gasteiger charge is 2.40. The second-order valence-corrected chi connectivity index (χ2v) is 19.5. The van der Waals surface area contributed by atoms with Gasteiger partial charge in [-0.15, -0.1) is 0 Å². The molecule has 0 aromatic heterocycles. The molecule has 0 spiro atoms. The molecule has 4 rings (SSSR count). The summed E-state index contributed by atoms with van der Waals surface area (Å²) in [7, 11) is -5.95. The standard InChI is InChI=1S/C33H42O9S3/c1-25(34)37-31-13-7-28(8-14-31)19-22-43(4)40-44(5,23-20-29-9-15-32(16-10-29)38-26(2)35)42-45(6,41-43)24-21-30-11-17-33(18-12-30)39-27(3)36/h7-18H,19-24H2,1-6H3. The van der Waals surface area contributed by atoms with E-state index in [2.05, 4.69) is 18.8 Å². The summed E-state index contributed by atoms with van der Waals surface area (Å²) >= 11 is 0. The van der Waals surface area contributed by atoms with E-state index >= 15 is 0 Å². The largest absolute Gasteiger partial charge is 0.427 e. The van der Waals surface area contributed by atoms with Gasteiger partial charge in [0.05, 0.1) is 0 Å². The third kappa shape index (κ3) is 11.1. The third-order valence-corrected chi connectivity index (χ3v) is 16.4. The lowest BCUT2D eigenvalue weighted by molar-refractivity contribution is -0.132. The zero-order valence-corrected chi connectivity index (χ0v) is 29.0. The van der Waals surface area contributed by atoms with Crippen LogP contribution < -0.4 is 14.2 Å². The van der Waals surface area contributed by atoms with Gasteiger partial charge in [-0.05, 0) is 72.4 Å². The number of rotatable bonds is 12. The fourth-order valence-electron chi connectivity index (χ4n) is 4.73. The van der Waals surface area contributed by atoms with Crippen molar-refractivity contribution in [2.24, 2.45) is 0 Å². The number of carbonyl (C=O) groups is 3. The van der Waals surface area contributed by atoms with E-state index in [0.717, 1.165) is 36.0 Å². The van der Waals surface area contributed by atoms with E-state index in [0.29, 0.717) is 34.5 Å². The Hall–Kier alpha value is -3.00. The number of ether oxygens (including phenoxy) is 3. The van der Waals surface area contributed by atoms with Crippen LogP contribution in [0, 0.1) is 0 Å². The molecule has 0 radical (unpaired) electrons. The Kier molecular flexibility index (Phi) is 11.7. The lowest BCUT2D eigenvalue weighted by Crippen LogP contribution is -2.29. The van der Waals surface area contributed by atoms with Gasteiger partial charge in [-0.1, -0.05) is 36.4 Å². The van der Waals surface area contributed by atoms with Gasteiger partial charge in [0.1, 0.15) is 17.2 Å². The lowest BCUT2D eigenvalue weighted by atomic mass is 10.2. The van der Waals surface area contributed by atoms with E-state index in [1.807, 2.05) is 36.4 Å². The summed E-state index contributed by atoms with van der Waals surface area (Å²) in [6.07, 6.45) is 8.40. The first-order chi connectivity index (χ1) is 21.2. The molecule has 1 heterocycles. The van der Waals surface area contributed by atoms with Crippen molar-refractivity contribution in [2.45, 2.75) is 40.0 Å². The van der Waals surface area contributed by atoms with Gasteiger partial charge in [0.15, 0.2) is 0 Å². The van der Waals surface area contributed by atoms with E-state index in [1.165, 1.54) is 20.8 Å². The molecule has 9 nitrogen and oxygen atoms in total. The molecule has 0 N–H and O–H groups in total. The van der Waals surface area contributed by atoms with Gasteiger partial charge in [0.25, 0.3) is 0 Å². The second kappa shape index (κ2) is 15.1. The maximum Gasteiger partial charge on any atom is 0.308 e. The molecule has 45 heavy (non-hydrogen) atoms. The summed E-state index contributed by atoms with van der Waals surface area (Å²) in [6.45, 7) is 4.14. The van der Waals surface area contributed by atoms with Crippen LogP contribution in [0.5, 0.6) is 17.2 Å². The first kappa shape index (κ1) is 34.9. The summed E-state index contributed by atoms with van der Waals surface area (Å²) in [5.41, 5.74) is 3.27. The van der Waals surface area contributed by atoms with Crippen molar-refractivity contribution in [3.05, 3.63) is 89.5 Å². The predicted octanol–water partition coefficient (Wildman–Crippen LogP) is 7.35. The molecule has 1 saturated heterocycles. The van der Waals surface area contributed by atoms with Crippen LogP contribution in [-0.2, 0) is 44.5 Å². The fraction of sp³-hybridized carbons (Fsp3) is 0.364. The van der Waals surface area contributed by atoms with Crippen LogP contribution in [0.25, 0.3) is 0 Å². The van der Waals surface area contributed by atoms with Crippen molar-refractivity contribution >= 4 is 49.7 Å². The molecule has 0 unspecified atom stereocenters. The van der Waals surface area contributed by atoms with Gasteiger partial charge in [0.2, 0.25) is 0 Å². The predicted molar refractivity (Wildman–Crippen MR) is 183 cm³/mol. The van der Waals surface area contributed by atoms with Crippen LogP contribution in [0.2, 0.25) is 0 Å². The molecule has 246 valence electrons. The van der Waals surface area contributed by atoms with E-state index in [9.17, 15) is 14.4 Å². The maximum absolute atomic E-state index is 11.3. The first-order valence-electron chi connectivity index (χ1n) is 14.5. The van der Waals surface area contributed by atoms with Crippen LogP contribution in [0.3, 0.4) is 0 Å². The van der Waals surface area contributed by atoms with Gasteiger partial charge in [-0.25, -0.2) is 0 Å². The number of aryl methyl sites for hydroxylation is 3. The van der Waals surface area contributed by atoms with Crippen molar-refractivity contribution in [2.75, 3.05) is 36.0 Å². The van der Waals surface area contributed by atoms with E-state index in [1.54, 1.807) is 36.4 Å². The molecule has 1 aliphatic rings. The summed E-state index contributed by atoms with van der Waals surface area (Å²) in [5.74, 6) is 2.53. The number of esters is 3. The molecular weight excluding hydrogens is 637 g/mol. The van der Waals surface area contributed by atoms with Gasteiger partial charge >= 0.3 is 17.9 Å². The average Bonchev–Trinajstić information content (AvgIpc) is 2.95. The minimum absolute atomic E-state index is 0.353. The quantitative estimate of drug-likeness (QED) is 0.144. The highest BCUT2D eigenvalue weighted by Crippen LogP contribution is 2.79. The first-order valence-corrected chi connectivity index (χ1v) is 20.6. The van der Waals surface area contributed by atoms with Gasteiger partial charge in [0, 0.05) is 56.8 Å². The SMILES string of the molecule is CC(=O)Oc1ccc(CCS2(C)OS(C)(CCc3ccc(OC(C)=O)cc3)OS(C)(CCc3ccc(OC(C)=O)cc3)O2)cc1. The maximum atomic E-state index is 11.3. The minimum atomic E-state index is -1.98. The van der Waals surface area contributed by atoms with Crippen LogP contribution in [0.1, 0.15) is 37.5 Å². The van der Waals surface area contributed by atoms with Gasteiger partial charge in [-0.2, -0.15) is 42.7 Å². The normalized spacial score (nSPS) is 27.1. The molecule has 3 aromatic carbocycles. The lowest BCUT2D eigenvalue weighted by Gasteiger charge is -2.62. The van der Waals surface area contributed by atoms with Gasteiger partial charge < -0.3 is 14.2 Å². The van der Waals surface area contributed by atoms with Crippen LogP contribution in [0.15, 0.2) is 72.8 Å². The highest BCUT2D eigenvalue weighted by atomic mass is 32.4. The second-order valence-electron chi connectivity index (χ2n) is 11.1. The molecule has 0 amide bonds. The Bertz CT molecular complexity index is 1290. The number of hydrogen-bond acceptors (Lipinski definition) is 9. The van der Waals surface area contributed by atoms with Crippen molar-refractivity contribution in [1.82, 2.24) is 0 Å². The molecular formula is C33H42O9S3. The molecule has 0 atom stereocenters. The Morgan fingerprint density at radius 3 is 0.889 bits per heavy atom. The van der Waals surface area contributed by atoms with Crippen molar-refractivity contribution in [1.29, 1.82) is 0 Å². The van der Waals surface area contributed by atoms with Crippen LogP contribution in [0.4, 0.5) is 0 Å². The van der Waals surface area contributed by atoms with Crippen LogP contribution >= 0.6 is 31.8 Å². The Balaban J connectivity index is 1.48. The molecule has 0 saturated carbocycles. The molecule has 0 bridgehead atoms. The van der Waals surface area contributed by atoms with Crippen molar-refractivity contribution in [3.63, 3.8) is 0 Å². The molecule has 12 heteroatoms. The Morgan fingerprint density at radius 1 is 0.467 bits per heavy atom. The average molecular weight is 679 g/mol. The van der Waals surface area contributed by atoms with Crippen LogP contribution in [-0.4, -0.2) is 53.9 Å². The zero-order chi connectivity index (χ0) is 32.7. The summed E-state index contributed by atoms with van der Waals surface area (Å²) < 4.78 is 36.0. The third-order valence-electron chi connectivity index (χ3n) is 6.70. The molecule has 1 fully saturated rings. The molecule has 1 aliphatic heterocycles. The molecule has 0 aliphatic carbocycles. The van der Waals surface area contributed by atoms with Gasteiger partial charge in [-0.3, -0.25) is 14.4 Å². The smallest absolute Gasteiger partial charge is 0.308 e. The fourth-order valence-corrected chi connectivity index (χ4v) is 16.4. The number of carbonyl (C=O) groups excluding carboxylic acids is 3. The topological polar surface area (TPSA) is 107 Å². The number of hydrogen-bond donors (Lipinski definition) is 0. The minimum Gasteiger partial charge on any atom is -0.427 e. The Morgan fingerprint density at radius 2 is 0.689 bits per heavy atom. The molecule has 3 aromatic rings. The van der Waals surface area contributed by atoms with Crippen molar-refractivity contribution in [3.8, 4) is 17.2 Å². The zero-order valence-electron chi connectivity index (χ0n) is 26.6. The van der Waals surface area contributed by atoms with E-state index in [-0.39, 0.29) is 17.9 Å². The Labute approximate surface area is 271 Å². The highest BCUT2D eigenvalue weighted by molar-refractivity contribution is 8.49. The van der Waals surface area contributed by atoms with E-state index < -0.39 is 31.8 Å². The number of benzene rings is 3. The summed E-state index contributed by atoms with van der Waals surface area (Å²) in [4.78, 5) is 33.9. The summed E-state index contributed by atoms with van der Waals surface area (Å²) in [6, 6.07) is 22.5.